The van der Waals surface area contributed by atoms with Crippen molar-refractivity contribution in [3.8, 4) is 16.8 Å². The molecule has 0 amide bonds. The SMILES string of the molecule is CC1(C)c2ccccc2-c2cc3c4ccccc4n(-c4ccc5c(c4)C4=C(C5)CC(c5cccc6c5sc5ccccc56)C=C4)c3cc21. The fraction of sp³-hybridized carbons (Fsp3) is 0.130. The second-order valence-electron chi connectivity index (χ2n) is 14.5. The molecule has 0 radical (unpaired) electrons. The zero-order valence-electron chi connectivity index (χ0n) is 27.0. The van der Waals surface area contributed by atoms with E-state index in [2.05, 4.69) is 152 Å². The normalized spacial score (nSPS) is 17.4. The van der Waals surface area contributed by atoms with Crippen molar-refractivity contribution in [3.05, 3.63) is 167 Å². The van der Waals surface area contributed by atoms with E-state index in [1.807, 2.05) is 11.3 Å². The van der Waals surface area contributed by atoms with Gasteiger partial charge in [-0.2, -0.15) is 0 Å². The van der Waals surface area contributed by atoms with Crippen molar-refractivity contribution in [2.24, 2.45) is 0 Å². The second kappa shape index (κ2) is 9.46. The van der Waals surface area contributed by atoms with Crippen LogP contribution in [0.3, 0.4) is 0 Å². The molecule has 3 aliphatic carbocycles. The minimum atomic E-state index is -0.0390. The predicted octanol–water partition coefficient (Wildman–Crippen LogP) is 12.5. The van der Waals surface area contributed by atoms with Crippen molar-refractivity contribution in [3.63, 3.8) is 0 Å². The van der Waals surface area contributed by atoms with Crippen LogP contribution in [0.1, 0.15) is 54.0 Å². The molecule has 6 aromatic carbocycles. The molecule has 3 aliphatic rings. The summed E-state index contributed by atoms with van der Waals surface area (Å²) in [5.41, 5.74) is 16.7. The molecule has 8 aromatic rings. The van der Waals surface area contributed by atoms with Gasteiger partial charge in [-0.05, 0) is 93.8 Å². The van der Waals surface area contributed by atoms with E-state index in [1.54, 1.807) is 5.57 Å². The lowest BCUT2D eigenvalue weighted by atomic mass is 9.82. The van der Waals surface area contributed by atoms with Crippen LogP contribution >= 0.6 is 11.3 Å². The molecule has 0 saturated carbocycles. The third-order valence-corrected chi connectivity index (χ3v) is 12.8. The first-order valence-electron chi connectivity index (χ1n) is 17.2. The minimum Gasteiger partial charge on any atom is -0.309 e. The van der Waals surface area contributed by atoms with Gasteiger partial charge in [0.15, 0.2) is 0 Å². The van der Waals surface area contributed by atoms with Gasteiger partial charge in [-0.1, -0.05) is 117 Å². The van der Waals surface area contributed by atoms with Crippen LogP contribution < -0.4 is 0 Å². The number of nitrogens with zero attached hydrogens (tertiary/aromatic N) is 1. The molecule has 0 fully saturated rings. The van der Waals surface area contributed by atoms with E-state index in [1.165, 1.54) is 92.2 Å². The van der Waals surface area contributed by atoms with Gasteiger partial charge in [-0.15, -0.1) is 11.3 Å². The van der Waals surface area contributed by atoms with E-state index in [9.17, 15) is 0 Å². The number of hydrogen-bond donors (Lipinski definition) is 0. The molecule has 0 N–H and O–H groups in total. The lowest BCUT2D eigenvalue weighted by Gasteiger charge is -2.22. The van der Waals surface area contributed by atoms with Crippen molar-refractivity contribution in [2.45, 2.75) is 38.0 Å². The maximum atomic E-state index is 2.51. The van der Waals surface area contributed by atoms with Gasteiger partial charge in [-0.25, -0.2) is 0 Å². The molecule has 11 rings (SSSR count). The summed E-state index contributed by atoms with van der Waals surface area (Å²) < 4.78 is 5.34. The molecular formula is C46H33NS. The standard InChI is InChI=1S/C46H33NS/c1-46(2)40-15-6-3-10-33(40)38-25-39-34-11-4-7-16-42(34)47(43(39)26-41(38)46)30-20-18-28-23-29-22-27(19-21-31(29)37(28)24-30)32-13-9-14-36-35-12-5-8-17-44(35)48-45(32)36/h3-21,24-27H,22-23H2,1-2H3. The number of fused-ring (bicyclic) bond motifs is 11. The number of thiophene rings is 1. The number of allylic oxidation sites excluding steroid dienone is 4. The molecule has 2 aromatic heterocycles. The molecule has 0 aliphatic heterocycles. The van der Waals surface area contributed by atoms with Crippen molar-refractivity contribution >= 4 is 58.9 Å². The van der Waals surface area contributed by atoms with Crippen LogP contribution in [0.15, 0.2) is 139 Å². The van der Waals surface area contributed by atoms with Gasteiger partial charge in [0.25, 0.3) is 0 Å². The Kier molecular flexibility index (Phi) is 5.29. The van der Waals surface area contributed by atoms with Gasteiger partial charge in [-0.3, -0.25) is 0 Å². The average molecular weight is 632 g/mol. The molecule has 0 saturated heterocycles. The van der Waals surface area contributed by atoms with Gasteiger partial charge in [0, 0.05) is 48.0 Å². The molecule has 0 spiro atoms. The first kappa shape index (κ1) is 26.8. The summed E-state index contributed by atoms with van der Waals surface area (Å²) in [6, 6.07) is 45.8. The quantitative estimate of drug-likeness (QED) is 0.179. The maximum absolute atomic E-state index is 2.51. The first-order chi connectivity index (χ1) is 23.5. The lowest BCUT2D eigenvalue weighted by molar-refractivity contribution is 0.661. The van der Waals surface area contributed by atoms with E-state index in [0.717, 1.165) is 12.8 Å². The molecule has 1 atom stereocenters. The highest BCUT2D eigenvalue weighted by atomic mass is 32.1. The summed E-state index contributed by atoms with van der Waals surface area (Å²) in [6.45, 7) is 4.76. The minimum absolute atomic E-state index is 0.0390. The van der Waals surface area contributed by atoms with Gasteiger partial charge >= 0.3 is 0 Å². The summed E-state index contributed by atoms with van der Waals surface area (Å²) >= 11 is 1.95. The van der Waals surface area contributed by atoms with Crippen LogP contribution in [-0.2, 0) is 11.8 Å². The molecule has 2 heteroatoms. The number of aromatic nitrogens is 1. The molecule has 228 valence electrons. The van der Waals surface area contributed by atoms with E-state index >= 15 is 0 Å². The molecule has 1 unspecified atom stereocenters. The largest absolute Gasteiger partial charge is 0.309 e. The number of para-hydroxylation sites is 1. The van der Waals surface area contributed by atoms with Crippen molar-refractivity contribution in [1.29, 1.82) is 0 Å². The third-order valence-electron chi connectivity index (χ3n) is 11.6. The number of hydrogen-bond acceptors (Lipinski definition) is 1. The Morgan fingerprint density at radius 1 is 0.646 bits per heavy atom. The topological polar surface area (TPSA) is 4.93 Å². The third kappa shape index (κ3) is 3.51. The Bertz CT molecular complexity index is 2760. The first-order valence-corrected chi connectivity index (χ1v) is 18.0. The van der Waals surface area contributed by atoms with Crippen LogP contribution in [0.25, 0.3) is 64.4 Å². The molecule has 48 heavy (non-hydrogen) atoms. The highest BCUT2D eigenvalue weighted by molar-refractivity contribution is 7.26. The molecule has 0 bridgehead atoms. The Hall–Kier alpha value is -5.18. The van der Waals surface area contributed by atoms with Crippen molar-refractivity contribution in [2.75, 3.05) is 0 Å². The van der Waals surface area contributed by atoms with Crippen LogP contribution in [0.4, 0.5) is 0 Å². The van der Waals surface area contributed by atoms with Crippen molar-refractivity contribution < 1.29 is 0 Å². The fourth-order valence-corrected chi connectivity index (χ4v) is 10.6. The number of benzene rings is 6. The fourth-order valence-electron chi connectivity index (χ4n) is 9.28. The average Bonchev–Trinajstić information content (AvgIpc) is 3.84. The van der Waals surface area contributed by atoms with Gasteiger partial charge in [0.1, 0.15) is 0 Å². The summed E-state index contributed by atoms with van der Waals surface area (Å²) in [4.78, 5) is 0. The summed E-state index contributed by atoms with van der Waals surface area (Å²) in [5.74, 6) is 0.404. The predicted molar refractivity (Wildman–Crippen MR) is 205 cm³/mol. The van der Waals surface area contributed by atoms with E-state index in [0.29, 0.717) is 5.92 Å². The van der Waals surface area contributed by atoms with Crippen LogP contribution in [0.5, 0.6) is 0 Å². The monoisotopic (exact) mass is 631 g/mol. The highest BCUT2D eigenvalue weighted by Crippen LogP contribution is 2.51. The summed E-state index contributed by atoms with van der Waals surface area (Å²) in [5, 5.41) is 5.41. The molecule has 1 nitrogen and oxygen atoms in total. The van der Waals surface area contributed by atoms with Crippen LogP contribution in [-0.4, -0.2) is 4.57 Å². The Balaban J connectivity index is 1.03. The Morgan fingerprint density at radius 2 is 1.46 bits per heavy atom. The Morgan fingerprint density at radius 3 is 2.40 bits per heavy atom. The number of rotatable bonds is 2. The van der Waals surface area contributed by atoms with Crippen molar-refractivity contribution in [1.82, 2.24) is 4.57 Å². The van der Waals surface area contributed by atoms with E-state index in [4.69, 9.17) is 0 Å². The van der Waals surface area contributed by atoms with Crippen LogP contribution in [0.2, 0.25) is 0 Å². The second-order valence-corrected chi connectivity index (χ2v) is 15.5. The van der Waals surface area contributed by atoms with Gasteiger partial charge < -0.3 is 4.57 Å². The van der Waals surface area contributed by atoms with Crippen LogP contribution in [0, 0.1) is 0 Å². The molecule has 2 heterocycles. The van der Waals surface area contributed by atoms with Gasteiger partial charge in [0.05, 0.1) is 11.0 Å². The van der Waals surface area contributed by atoms with Gasteiger partial charge in [0.2, 0.25) is 0 Å². The van der Waals surface area contributed by atoms with E-state index < -0.39 is 0 Å². The molecular weight excluding hydrogens is 599 g/mol. The summed E-state index contributed by atoms with van der Waals surface area (Å²) in [6.07, 6.45) is 7.04. The zero-order chi connectivity index (χ0) is 31.7. The summed E-state index contributed by atoms with van der Waals surface area (Å²) in [7, 11) is 0. The smallest absolute Gasteiger partial charge is 0.0544 e. The zero-order valence-corrected chi connectivity index (χ0v) is 27.9. The maximum Gasteiger partial charge on any atom is 0.0544 e. The van der Waals surface area contributed by atoms with E-state index in [-0.39, 0.29) is 5.41 Å². The Labute approximate surface area is 284 Å². The lowest BCUT2D eigenvalue weighted by Crippen LogP contribution is -2.15. The highest BCUT2D eigenvalue weighted by Gasteiger charge is 2.36.